The third kappa shape index (κ3) is 2.91. The number of benzene rings is 1. The lowest BCUT2D eigenvalue weighted by Crippen LogP contribution is -2.20. The van der Waals surface area contributed by atoms with E-state index in [2.05, 4.69) is 36.1 Å². The molecule has 4 aromatic rings. The number of amides is 1. The number of H-pyrrole nitrogens is 1. The molecule has 0 radical (unpaired) electrons. The van der Waals surface area contributed by atoms with Crippen LogP contribution in [0.15, 0.2) is 36.7 Å². The minimum absolute atomic E-state index is 0.247. The summed E-state index contributed by atoms with van der Waals surface area (Å²) in [6, 6.07) is 7.79. The number of aromatic amines is 1. The van der Waals surface area contributed by atoms with Crippen LogP contribution in [-0.2, 0) is 4.74 Å². The number of nitrogens with one attached hydrogen (secondary N) is 2. The monoisotopic (exact) mass is 376 g/mol. The Kier molecular flexibility index (Phi) is 4.05. The van der Waals surface area contributed by atoms with E-state index in [1.807, 2.05) is 19.2 Å². The number of aromatic nitrogens is 5. The molecule has 1 aliphatic heterocycles. The quantitative estimate of drug-likeness (QED) is 0.572. The number of carbonyl (C=O) groups is 1. The SMILES string of the molecule is Cc1cc(C(=O)Nc2nc3ccc4c(c[nH]n4C4CCOCC4)c3n2)ccn1. The second kappa shape index (κ2) is 6.72. The number of carbonyl (C=O) groups excluding carboxylic acids is 1. The summed E-state index contributed by atoms with van der Waals surface area (Å²) in [6.07, 6.45) is 5.54. The number of hydrogen-bond donors (Lipinski definition) is 2. The maximum Gasteiger partial charge on any atom is 0.258 e. The molecule has 0 spiro atoms. The Labute approximate surface area is 160 Å². The molecule has 1 saturated heterocycles. The van der Waals surface area contributed by atoms with E-state index in [1.54, 1.807) is 18.3 Å². The van der Waals surface area contributed by atoms with E-state index in [4.69, 9.17) is 4.74 Å². The first-order valence-electron chi connectivity index (χ1n) is 9.37. The van der Waals surface area contributed by atoms with E-state index in [0.717, 1.165) is 53.7 Å². The van der Waals surface area contributed by atoms with Gasteiger partial charge in [0, 0.05) is 42.3 Å². The van der Waals surface area contributed by atoms with Crippen LogP contribution in [0.4, 0.5) is 5.95 Å². The summed E-state index contributed by atoms with van der Waals surface area (Å²) in [5.41, 5.74) is 3.94. The molecule has 3 aromatic heterocycles. The molecule has 4 heterocycles. The topological polar surface area (TPSA) is 97.7 Å². The standard InChI is InChI=1S/C20H20N6O2/c1-12-10-13(4-7-21-12)19(27)25-20-23-16-2-3-17-15(18(16)24-20)11-22-26(17)14-5-8-28-9-6-14/h2-4,7,10-11,14,22H,5-6,8-9H2,1H3,(H,23,25,27). The minimum atomic E-state index is -0.247. The Hall–Kier alpha value is -3.26. The van der Waals surface area contributed by atoms with E-state index in [9.17, 15) is 4.79 Å². The van der Waals surface area contributed by atoms with Crippen molar-refractivity contribution in [2.75, 3.05) is 18.5 Å². The van der Waals surface area contributed by atoms with Crippen LogP contribution in [-0.4, -0.2) is 43.9 Å². The zero-order chi connectivity index (χ0) is 19.1. The van der Waals surface area contributed by atoms with Crippen LogP contribution in [0.2, 0.25) is 0 Å². The molecule has 0 aliphatic carbocycles. The second-order valence-corrected chi connectivity index (χ2v) is 7.04. The van der Waals surface area contributed by atoms with E-state index in [-0.39, 0.29) is 5.91 Å². The number of hydrogen-bond acceptors (Lipinski definition) is 5. The van der Waals surface area contributed by atoms with E-state index < -0.39 is 0 Å². The van der Waals surface area contributed by atoms with Gasteiger partial charge in [0.15, 0.2) is 0 Å². The third-order valence-corrected chi connectivity index (χ3v) is 5.16. The highest BCUT2D eigenvalue weighted by molar-refractivity contribution is 6.06. The molecule has 1 aromatic carbocycles. The summed E-state index contributed by atoms with van der Waals surface area (Å²) < 4.78 is 7.65. The Bertz CT molecular complexity index is 1170. The summed E-state index contributed by atoms with van der Waals surface area (Å²) in [7, 11) is 0. The molecule has 8 heteroatoms. The minimum Gasteiger partial charge on any atom is -0.381 e. The van der Waals surface area contributed by atoms with Crippen molar-refractivity contribution in [1.29, 1.82) is 0 Å². The third-order valence-electron chi connectivity index (χ3n) is 5.16. The fourth-order valence-electron chi connectivity index (χ4n) is 3.76. The average molecular weight is 376 g/mol. The number of aryl methyl sites for hydroxylation is 1. The Morgan fingerprint density at radius 3 is 2.93 bits per heavy atom. The van der Waals surface area contributed by atoms with Crippen molar-refractivity contribution in [3.63, 3.8) is 0 Å². The molecular formula is C20H20N6O2. The smallest absolute Gasteiger partial charge is 0.258 e. The molecule has 1 amide bonds. The van der Waals surface area contributed by atoms with Crippen molar-refractivity contribution in [2.45, 2.75) is 25.8 Å². The van der Waals surface area contributed by atoms with Crippen molar-refractivity contribution in [2.24, 2.45) is 0 Å². The average Bonchev–Trinajstić information content (AvgIpc) is 3.32. The van der Waals surface area contributed by atoms with Crippen LogP contribution in [0, 0.1) is 6.92 Å². The molecule has 1 aliphatic rings. The van der Waals surface area contributed by atoms with Gasteiger partial charge in [0.05, 0.1) is 17.1 Å². The van der Waals surface area contributed by atoms with Gasteiger partial charge in [-0.25, -0.2) is 9.97 Å². The second-order valence-electron chi connectivity index (χ2n) is 7.04. The predicted octanol–water partition coefficient (Wildman–Crippen LogP) is 3.22. The van der Waals surface area contributed by atoms with E-state index in [0.29, 0.717) is 17.6 Å². The maximum atomic E-state index is 12.5. The lowest BCUT2D eigenvalue weighted by atomic mass is 10.1. The fraction of sp³-hybridized carbons (Fsp3) is 0.300. The van der Waals surface area contributed by atoms with Gasteiger partial charge in [0.2, 0.25) is 5.95 Å². The van der Waals surface area contributed by atoms with Gasteiger partial charge >= 0.3 is 0 Å². The van der Waals surface area contributed by atoms with Crippen LogP contribution >= 0.6 is 0 Å². The summed E-state index contributed by atoms with van der Waals surface area (Å²) in [5, 5.41) is 7.14. The van der Waals surface area contributed by atoms with Gasteiger partial charge in [0.25, 0.3) is 5.91 Å². The molecule has 5 rings (SSSR count). The number of anilines is 1. The van der Waals surface area contributed by atoms with Crippen molar-refractivity contribution in [3.05, 3.63) is 47.9 Å². The summed E-state index contributed by atoms with van der Waals surface area (Å²) in [5.74, 6) is 0.0594. The van der Waals surface area contributed by atoms with Gasteiger partial charge in [-0.2, -0.15) is 0 Å². The molecule has 0 atom stereocenters. The van der Waals surface area contributed by atoms with Crippen molar-refractivity contribution >= 4 is 33.8 Å². The largest absolute Gasteiger partial charge is 0.381 e. The van der Waals surface area contributed by atoms with Crippen LogP contribution in [0.3, 0.4) is 0 Å². The molecule has 28 heavy (non-hydrogen) atoms. The first kappa shape index (κ1) is 16.9. The predicted molar refractivity (Wildman–Crippen MR) is 105 cm³/mol. The van der Waals surface area contributed by atoms with Gasteiger partial charge in [-0.15, -0.1) is 0 Å². The zero-order valence-corrected chi connectivity index (χ0v) is 15.5. The number of nitrogens with zero attached hydrogens (tertiary/aromatic N) is 4. The molecule has 1 fully saturated rings. The van der Waals surface area contributed by atoms with Crippen LogP contribution in [0.25, 0.3) is 21.9 Å². The summed E-state index contributed by atoms with van der Waals surface area (Å²) in [4.78, 5) is 25.6. The molecule has 0 bridgehead atoms. The molecule has 2 N–H and O–H groups in total. The number of rotatable bonds is 3. The number of pyridine rings is 1. The molecule has 142 valence electrons. The molecule has 0 saturated carbocycles. The van der Waals surface area contributed by atoms with Crippen LogP contribution < -0.4 is 5.32 Å². The Morgan fingerprint density at radius 1 is 1.25 bits per heavy atom. The Morgan fingerprint density at radius 2 is 2.11 bits per heavy atom. The van der Waals surface area contributed by atoms with Gasteiger partial charge < -0.3 is 9.84 Å². The van der Waals surface area contributed by atoms with Crippen molar-refractivity contribution in [3.8, 4) is 0 Å². The Balaban J connectivity index is 1.48. The van der Waals surface area contributed by atoms with Crippen molar-refractivity contribution < 1.29 is 9.53 Å². The molecule has 8 nitrogen and oxygen atoms in total. The van der Waals surface area contributed by atoms with Crippen LogP contribution in [0.1, 0.15) is 34.9 Å². The van der Waals surface area contributed by atoms with E-state index in [1.165, 1.54) is 0 Å². The fourth-order valence-corrected chi connectivity index (χ4v) is 3.76. The van der Waals surface area contributed by atoms with Gasteiger partial charge in [-0.1, -0.05) is 0 Å². The maximum absolute atomic E-state index is 12.5. The van der Waals surface area contributed by atoms with E-state index >= 15 is 0 Å². The molecular weight excluding hydrogens is 356 g/mol. The first-order valence-corrected chi connectivity index (χ1v) is 9.37. The lowest BCUT2D eigenvalue weighted by molar-refractivity contribution is 0.0675. The lowest BCUT2D eigenvalue weighted by Gasteiger charge is -2.23. The first-order chi connectivity index (χ1) is 13.7. The van der Waals surface area contributed by atoms with Gasteiger partial charge in [0.1, 0.15) is 5.52 Å². The zero-order valence-electron chi connectivity index (χ0n) is 15.5. The van der Waals surface area contributed by atoms with Gasteiger partial charge in [-0.05, 0) is 44.0 Å². The van der Waals surface area contributed by atoms with Gasteiger partial charge in [-0.3, -0.25) is 19.8 Å². The highest BCUT2D eigenvalue weighted by Crippen LogP contribution is 2.29. The number of fused-ring (bicyclic) bond motifs is 3. The highest BCUT2D eigenvalue weighted by atomic mass is 16.5. The van der Waals surface area contributed by atoms with Crippen LogP contribution in [0.5, 0.6) is 0 Å². The number of ether oxygens (including phenoxy) is 1. The van der Waals surface area contributed by atoms with Crippen molar-refractivity contribution in [1.82, 2.24) is 24.7 Å². The highest BCUT2D eigenvalue weighted by Gasteiger charge is 2.19. The normalized spacial score (nSPS) is 15.3. The summed E-state index contributed by atoms with van der Waals surface area (Å²) in [6.45, 7) is 3.41. The summed E-state index contributed by atoms with van der Waals surface area (Å²) >= 11 is 0. The molecule has 0 unspecified atom stereocenters. The number of imidazole rings is 1.